The fraction of sp³-hybridized carbons (Fsp3) is 0.481. The summed E-state index contributed by atoms with van der Waals surface area (Å²) in [4.78, 5) is 32.1. The van der Waals surface area contributed by atoms with E-state index in [0.717, 1.165) is 32.6 Å². The van der Waals surface area contributed by atoms with Crippen molar-refractivity contribution in [3.8, 4) is 0 Å². The molecule has 1 N–H and O–H groups in total. The number of hydrogen-bond donors (Lipinski definition) is 1. The van der Waals surface area contributed by atoms with Crippen LogP contribution < -0.4 is 5.32 Å². The number of aryl methyl sites for hydroxylation is 1. The van der Waals surface area contributed by atoms with Gasteiger partial charge in [0.2, 0.25) is 11.8 Å². The first-order chi connectivity index (χ1) is 16.0. The SMILES string of the molecule is CC(=O)N1CC(N(CCc2ccccc2)Cc2ccccc2C)CC1C(=O)N1CCNCC1. The van der Waals surface area contributed by atoms with Crippen LogP contribution in [0.3, 0.4) is 0 Å². The van der Waals surface area contributed by atoms with Crippen molar-refractivity contribution in [1.29, 1.82) is 0 Å². The van der Waals surface area contributed by atoms with Crippen molar-refractivity contribution in [1.82, 2.24) is 20.0 Å². The van der Waals surface area contributed by atoms with Crippen LogP contribution in [0, 0.1) is 6.92 Å². The molecule has 2 fully saturated rings. The van der Waals surface area contributed by atoms with Gasteiger partial charge in [-0.25, -0.2) is 0 Å². The molecule has 0 aliphatic carbocycles. The molecule has 6 heteroatoms. The molecular formula is C27H36N4O2. The van der Waals surface area contributed by atoms with E-state index in [1.165, 1.54) is 16.7 Å². The Morgan fingerprint density at radius 3 is 2.42 bits per heavy atom. The number of benzene rings is 2. The fourth-order valence-corrected chi connectivity index (χ4v) is 5.07. The standard InChI is InChI=1S/C27H36N4O2/c1-21-8-6-7-11-24(21)19-30(15-12-23-9-4-3-5-10-23)25-18-26(31(20-25)22(2)32)27(33)29-16-13-28-14-17-29/h3-11,25-26,28H,12-20H2,1-2H3. The third kappa shape index (κ3) is 5.81. The number of piperazine rings is 1. The minimum atomic E-state index is -0.360. The Bertz CT molecular complexity index is 942. The summed E-state index contributed by atoms with van der Waals surface area (Å²) in [6.07, 6.45) is 1.64. The van der Waals surface area contributed by atoms with Crippen molar-refractivity contribution < 1.29 is 9.59 Å². The molecular weight excluding hydrogens is 412 g/mol. The quantitative estimate of drug-likeness (QED) is 0.707. The molecule has 4 rings (SSSR count). The third-order valence-electron chi connectivity index (χ3n) is 7.08. The Labute approximate surface area is 197 Å². The van der Waals surface area contributed by atoms with Gasteiger partial charge >= 0.3 is 0 Å². The number of amides is 2. The summed E-state index contributed by atoms with van der Waals surface area (Å²) in [7, 11) is 0. The van der Waals surface area contributed by atoms with Gasteiger partial charge in [0.25, 0.3) is 0 Å². The predicted molar refractivity (Wildman–Crippen MR) is 131 cm³/mol. The molecule has 2 aromatic carbocycles. The van der Waals surface area contributed by atoms with Crippen molar-refractivity contribution in [2.75, 3.05) is 39.3 Å². The van der Waals surface area contributed by atoms with Gasteiger partial charge in [-0.2, -0.15) is 0 Å². The molecule has 2 aliphatic rings. The van der Waals surface area contributed by atoms with E-state index in [9.17, 15) is 9.59 Å². The average Bonchev–Trinajstić information content (AvgIpc) is 3.29. The highest BCUT2D eigenvalue weighted by atomic mass is 16.2. The minimum Gasteiger partial charge on any atom is -0.338 e. The smallest absolute Gasteiger partial charge is 0.245 e. The topological polar surface area (TPSA) is 55.9 Å². The van der Waals surface area contributed by atoms with Gasteiger partial charge in [-0.05, 0) is 36.5 Å². The first kappa shape index (κ1) is 23.5. The Kier molecular flexibility index (Phi) is 7.78. The molecule has 2 aromatic rings. The van der Waals surface area contributed by atoms with Crippen LogP contribution in [0.1, 0.15) is 30.0 Å². The van der Waals surface area contributed by atoms with Crippen molar-refractivity contribution in [2.45, 2.75) is 45.3 Å². The van der Waals surface area contributed by atoms with Crippen LogP contribution in [0.15, 0.2) is 54.6 Å². The fourth-order valence-electron chi connectivity index (χ4n) is 5.07. The van der Waals surface area contributed by atoms with Crippen molar-refractivity contribution in [2.24, 2.45) is 0 Å². The summed E-state index contributed by atoms with van der Waals surface area (Å²) in [6.45, 7) is 9.14. The van der Waals surface area contributed by atoms with Gasteiger partial charge in [0.15, 0.2) is 0 Å². The first-order valence-corrected chi connectivity index (χ1v) is 12.1. The van der Waals surface area contributed by atoms with Gasteiger partial charge in [0, 0.05) is 58.8 Å². The second-order valence-electron chi connectivity index (χ2n) is 9.28. The summed E-state index contributed by atoms with van der Waals surface area (Å²) in [6, 6.07) is 18.8. The van der Waals surface area contributed by atoms with Crippen molar-refractivity contribution in [3.05, 3.63) is 71.3 Å². The van der Waals surface area contributed by atoms with Crippen LogP contribution in [-0.2, 0) is 22.6 Å². The highest BCUT2D eigenvalue weighted by Gasteiger charge is 2.42. The highest BCUT2D eigenvalue weighted by Crippen LogP contribution is 2.26. The Hall–Kier alpha value is -2.70. The molecule has 0 saturated carbocycles. The van der Waals surface area contributed by atoms with E-state index >= 15 is 0 Å². The molecule has 0 radical (unpaired) electrons. The molecule has 0 aromatic heterocycles. The molecule has 6 nitrogen and oxygen atoms in total. The first-order valence-electron chi connectivity index (χ1n) is 12.1. The summed E-state index contributed by atoms with van der Waals surface area (Å²) < 4.78 is 0. The van der Waals surface area contributed by atoms with E-state index in [4.69, 9.17) is 0 Å². The summed E-state index contributed by atoms with van der Waals surface area (Å²) in [5.74, 6) is 0.0954. The van der Waals surface area contributed by atoms with Gasteiger partial charge in [-0.3, -0.25) is 14.5 Å². The van der Waals surface area contributed by atoms with E-state index in [-0.39, 0.29) is 23.9 Å². The Morgan fingerprint density at radius 2 is 1.73 bits per heavy atom. The number of carbonyl (C=O) groups excluding carboxylic acids is 2. The van der Waals surface area contributed by atoms with Crippen LogP contribution in [0.4, 0.5) is 0 Å². The lowest BCUT2D eigenvalue weighted by molar-refractivity contribution is -0.143. The van der Waals surface area contributed by atoms with Crippen molar-refractivity contribution in [3.63, 3.8) is 0 Å². The molecule has 2 atom stereocenters. The molecule has 2 amide bonds. The van der Waals surface area contributed by atoms with Crippen LogP contribution in [0.2, 0.25) is 0 Å². The van der Waals surface area contributed by atoms with Crippen LogP contribution >= 0.6 is 0 Å². The average molecular weight is 449 g/mol. The molecule has 176 valence electrons. The maximum Gasteiger partial charge on any atom is 0.245 e. The number of nitrogens with one attached hydrogen (secondary N) is 1. The number of hydrogen-bond acceptors (Lipinski definition) is 4. The molecule has 2 aliphatic heterocycles. The maximum absolute atomic E-state index is 13.4. The molecule has 0 bridgehead atoms. The van der Waals surface area contributed by atoms with Crippen LogP contribution in [-0.4, -0.2) is 77.9 Å². The van der Waals surface area contributed by atoms with Crippen LogP contribution in [0.25, 0.3) is 0 Å². The summed E-state index contributed by atoms with van der Waals surface area (Å²) in [5, 5.41) is 3.30. The zero-order valence-electron chi connectivity index (χ0n) is 19.9. The van der Waals surface area contributed by atoms with E-state index in [1.54, 1.807) is 6.92 Å². The van der Waals surface area contributed by atoms with Gasteiger partial charge in [-0.1, -0.05) is 54.6 Å². The second kappa shape index (κ2) is 10.9. The van der Waals surface area contributed by atoms with E-state index in [0.29, 0.717) is 26.1 Å². The number of nitrogens with zero attached hydrogens (tertiary/aromatic N) is 3. The van der Waals surface area contributed by atoms with Gasteiger partial charge < -0.3 is 15.1 Å². The lowest BCUT2D eigenvalue weighted by atomic mass is 10.0. The largest absolute Gasteiger partial charge is 0.338 e. The summed E-state index contributed by atoms with van der Waals surface area (Å²) in [5.41, 5.74) is 3.89. The van der Waals surface area contributed by atoms with E-state index < -0.39 is 0 Å². The number of rotatable bonds is 7. The monoisotopic (exact) mass is 448 g/mol. The summed E-state index contributed by atoms with van der Waals surface area (Å²) >= 11 is 0. The zero-order chi connectivity index (χ0) is 23.2. The maximum atomic E-state index is 13.4. The van der Waals surface area contributed by atoms with E-state index in [1.807, 2.05) is 15.9 Å². The molecule has 2 saturated heterocycles. The number of likely N-dealkylation sites (tertiary alicyclic amines) is 1. The predicted octanol–water partition coefficient (Wildman–Crippen LogP) is 2.46. The Morgan fingerprint density at radius 1 is 1.03 bits per heavy atom. The third-order valence-corrected chi connectivity index (χ3v) is 7.08. The van der Waals surface area contributed by atoms with E-state index in [2.05, 4.69) is 65.7 Å². The van der Waals surface area contributed by atoms with Gasteiger partial charge in [-0.15, -0.1) is 0 Å². The number of carbonyl (C=O) groups is 2. The molecule has 2 unspecified atom stereocenters. The second-order valence-corrected chi connectivity index (χ2v) is 9.28. The lowest BCUT2D eigenvalue weighted by Crippen LogP contribution is -2.53. The normalized spacial score (nSPS) is 20.9. The zero-order valence-corrected chi connectivity index (χ0v) is 19.9. The minimum absolute atomic E-state index is 0.00937. The lowest BCUT2D eigenvalue weighted by Gasteiger charge is -2.32. The van der Waals surface area contributed by atoms with Gasteiger partial charge in [0.05, 0.1) is 0 Å². The van der Waals surface area contributed by atoms with Gasteiger partial charge in [0.1, 0.15) is 6.04 Å². The molecule has 0 spiro atoms. The molecule has 33 heavy (non-hydrogen) atoms. The van der Waals surface area contributed by atoms with Crippen LogP contribution in [0.5, 0.6) is 0 Å². The highest BCUT2D eigenvalue weighted by molar-refractivity contribution is 5.87. The molecule has 2 heterocycles. The Balaban J connectivity index is 1.53. The van der Waals surface area contributed by atoms with Crippen molar-refractivity contribution >= 4 is 11.8 Å².